The zero-order valence-electron chi connectivity index (χ0n) is 14.0. The van der Waals surface area contributed by atoms with Gasteiger partial charge >= 0.3 is 0 Å². The fourth-order valence-electron chi connectivity index (χ4n) is 2.28. The van der Waals surface area contributed by atoms with Crippen molar-refractivity contribution in [2.45, 2.75) is 38.5 Å². The lowest BCUT2D eigenvalue weighted by atomic mass is 10.1. The summed E-state index contributed by atoms with van der Waals surface area (Å²) < 4.78 is 5.20. The van der Waals surface area contributed by atoms with E-state index in [2.05, 4.69) is 15.5 Å². The number of aromatic nitrogens is 2. The first kappa shape index (κ1) is 21.4. The molecule has 2 rings (SSSR count). The second kappa shape index (κ2) is 11.8. The van der Waals surface area contributed by atoms with Crippen LogP contribution in [-0.2, 0) is 11.2 Å². The molecular formula is C17H24Cl2N4O2. The molecule has 8 heteroatoms. The van der Waals surface area contributed by atoms with Crippen molar-refractivity contribution in [1.29, 1.82) is 0 Å². The van der Waals surface area contributed by atoms with Gasteiger partial charge in [-0.15, -0.1) is 12.4 Å². The minimum absolute atomic E-state index is 0. The van der Waals surface area contributed by atoms with Gasteiger partial charge in [-0.2, -0.15) is 4.98 Å². The number of nitrogens with zero attached hydrogens (tertiary/aromatic N) is 2. The number of rotatable bonds is 10. The van der Waals surface area contributed by atoms with Crippen LogP contribution in [0, 0.1) is 0 Å². The van der Waals surface area contributed by atoms with Crippen LogP contribution < -0.4 is 11.1 Å². The van der Waals surface area contributed by atoms with Crippen LogP contribution in [0.2, 0.25) is 5.02 Å². The van der Waals surface area contributed by atoms with Crippen molar-refractivity contribution in [3.63, 3.8) is 0 Å². The first-order valence-electron chi connectivity index (χ1n) is 8.24. The summed E-state index contributed by atoms with van der Waals surface area (Å²) in [5.74, 6) is 1.05. The van der Waals surface area contributed by atoms with E-state index in [9.17, 15) is 4.79 Å². The van der Waals surface area contributed by atoms with Gasteiger partial charge in [-0.1, -0.05) is 41.7 Å². The van der Waals surface area contributed by atoms with E-state index < -0.39 is 0 Å². The summed E-state index contributed by atoms with van der Waals surface area (Å²) in [5.41, 5.74) is 6.24. The van der Waals surface area contributed by atoms with Crippen LogP contribution >= 0.6 is 24.0 Å². The average Bonchev–Trinajstić information content (AvgIpc) is 3.04. The molecule has 0 spiro atoms. The minimum Gasteiger partial charge on any atom is -0.356 e. The Kier molecular flexibility index (Phi) is 10.1. The number of nitrogens with one attached hydrogen (secondary N) is 1. The van der Waals surface area contributed by atoms with Gasteiger partial charge in [0, 0.05) is 30.0 Å². The predicted molar refractivity (Wildman–Crippen MR) is 101 cm³/mol. The van der Waals surface area contributed by atoms with Crippen molar-refractivity contribution in [3.8, 4) is 11.4 Å². The van der Waals surface area contributed by atoms with Gasteiger partial charge in [0.25, 0.3) is 0 Å². The summed E-state index contributed by atoms with van der Waals surface area (Å²) in [4.78, 5) is 16.0. The third-order valence-corrected chi connectivity index (χ3v) is 3.80. The zero-order valence-corrected chi connectivity index (χ0v) is 15.6. The molecule has 0 bridgehead atoms. The fourth-order valence-corrected chi connectivity index (χ4v) is 2.47. The molecule has 1 aromatic carbocycles. The maximum atomic E-state index is 11.7. The Morgan fingerprint density at radius 1 is 1.24 bits per heavy atom. The van der Waals surface area contributed by atoms with Crippen molar-refractivity contribution in [2.75, 3.05) is 13.1 Å². The number of carbonyl (C=O) groups excluding carboxylic acids is 1. The Morgan fingerprint density at radius 2 is 2.04 bits per heavy atom. The Morgan fingerprint density at radius 3 is 2.80 bits per heavy atom. The molecular weight excluding hydrogens is 363 g/mol. The summed E-state index contributed by atoms with van der Waals surface area (Å²) in [6.07, 6.45) is 5.09. The molecule has 0 saturated carbocycles. The maximum absolute atomic E-state index is 11.7. The van der Waals surface area contributed by atoms with Crippen LogP contribution in [0.3, 0.4) is 0 Å². The second-order valence-electron chi connectivity index (χ2n) is 5.57. The summed E-state index contributed by atoms with van der Waals surface area (Å²) in [5, 5.41) is 7.43. The smallest absolute Gasteiger partial charge is 0.228 e. The number of carbonyl (C=O) groups is 1. The van der Waals surface area contributed by atoms with E-state index in [1.165, 1.54) is 0 Å². The number of benzene rings is 1. The SMILES string of the molecule is Cl.NCCCCCCC(=O)NCCc1nc(-c2cccc(Cl)c2)no1. The molecule has 0 unspecified atom stereocenters. The molecule has 6 nitrogen and oxygen atoms in total. The van der Waals surface area contributed by atoms with Crippen molar-refractivity contribution in [1.82, 2.24) is 15.5 Å². The third kappa shape index (κ3) is 7.86. The molecule has 0 radical (unpaired) electrons. The predicted octanol–water partition coefficient (Wildman–Crippen LogP) is 3.38. The molecule has 0 atom stereocenters. The first-order valence-corrected chi connectivity index (χ1v) is 8.62. The molecule has 1 heterocycles. The molecule has 138 valence electrons. The van der Waals surface area contributed by atoms with Crippen molar-refractivity contribution >= 4 is 29.9 Å². The van der Waals surface area contributed by atoms with Crippen LogP contribution in [-0.4, -0.2) is 29.1 Å². The van der Waals surface area contributed by atoms with E-state index in [1.54, 1.807) is 12.1 Å². The van der Waals surface area contributed by atoms with E-state index in [-0.39, 0.29) is 18.3 Å². The average molecular weight is 387 g/mol. The van der Waals surface area contributed by atoms with E-state index in [0.29, 0.717) is 42.7 Å². The zero-order chi connectivity index (χ0) is 17.2. The molecule has 0 aliphatic rings. The molecule has 2 aromatic rings. The van der Waals surface area contributed by atoms with Crippen molar-refractivity contribution < 1.29 is 9.32 Å². The monoisotopic (exact) mass is 386 g/mol. The van der Waals surface area contributed by atoms with Crippen LogP contribution in [0.5, 0.6) is 0 Å². The minimum atomic E-state index is 0. The van der Waals surface area contributed by atoms with Gasteiger partial charge in [0.05, 0.1) is 0 Å². The van der Waals surface area contributed by atoms with Gasteiger partial charge in [-0.05, 0) is 31.5 Å². The Labute approximate surface area is 158 Å². The lowest BCUT2D eigenvalue weighted by molar-refractivity contribution is -0.121. The largest absolute Gasteiger partial charge is 0.356 e. The van der Waals surface area contributed by atoms with Crippen LogP contribution in [0.15, 0.2) is 28.8 Å². The summed E-state index contributed by atoms with van der Waals surface area (Å²) in [6.45, 7) is 1.20. The summed E-state index contributed by atoms with van der Waals surface area (Å²) in [7, 11) is 0. The topological polar surface area (TPSA) is 94.0 Å². The summed E-state index contributed by atoms with van der Waals surface area (Å²) in [6, 6.07) is 7.27. The highest BCUT2D eigenvalue weighted by Crippen LogP contribution is 2.19. The van der Waals surface area contributed by atoms with Gasteiger partial charge in [-0.3, -0.25) is 4.79 Å². The van der Waals surface area contributed by atoms with E-state index >= 15 is 0 Å². The molecule has 25 heavy (non-hydrogen) atoms. The first-order chi connectivity index (χ1) is 11.7. The van der Waals surface area contributed by atoms with Gasteiger partial charge in [-0.25, -0.2) is 0 Å². The van der Waals surface area contributed by atoms with Gasteiger partial charge in [0.1, 0.15) is 0 Å². The molecule has 1 amide bonds. The number of nitrogens with two attached hydrogens (primary N) is 1. The third-order valence-electron chi connectivity index (χ3n) is 3.57. The van der Waals surface area contributed by atoms with Crippen molar-refractivity contribution in [3.05, 3.63) is 35.2 Å². The highest BCUT2D eigenvalue weighted by Gasteiger charge is 2.09. The second-order valence-corrected chi connectivity index (χ2v) is 6.01. The lowest BCUT2D eigenvalue weighted by Gasteiger charge is -2.03. The molecule has 0 fully saturated rings. The molecule has 0 aliphatic heterocycles. The normalized spacial score (nSPS) is 10.3. The molecule has 0 aliphatic carbocycles. The van der Waals surface area contributed by atoms with E-state index in [0.717, 1.165) is 31.2 Å². The standard InChI is InChI=1S/C17H23ClN4O2.ClH/c18-14-7-5-6-13(12-14)17-21-16(24-22-17)9-11-20-15(23)8-3-1-2-4-10-19;/h5-7,12H,1-4,8-11,19H2,(H,20,23);1H. The van der Waals surface area contributed by atoms with Crippen molar-refractivity contribution in [2.24, 2.45) is 5.73 Å². The highest BCUT2D eigenvalue weighted by atomic mass is 35.5. The lowest BCUT2D eigenvalue weighted by Crippen LogP contribution is -2.25. The number of amides is 1. The number of hydrogen-bond donors (Lipinski definition) is 2. The number of unbranched alkanes of at least 4 members (excludes halogenated alkanes) is 3. The summed E-state index contributed by atoms with van der Waals surface area (Å²) >= 11 is 5.95. The quantitative estimate of drug-likeness (QED) is 0.610. The van der Waals surface area contributed by atoms with E-state index in [1.807, 2.05) is 12.1 Å². The van der Waals surface area contributed by atoms with Crippen LogP contribution in [0.1, 0.15) is 38.0 Å². The Balaban J connectivity index is 0.00000312. The number of hydrogen-bond acceptors (Lipinski definition) is 5. The molecule has 1 aromatic heterocycles. The Bertz CT molecular complexity index is 649. The Hall–Kier alpha value is -1.63. The van der Waals surface area contributed by atoms with Crippen LogP contribution in [0.4, 0.5) is 0 Å². The molecule has 0 saturated heterocycles. The van der Waals surface area contributed by atoms with Gasteiger partial charge in [0.2, 0.25) is 17.6 Å². The highest BCUT2D eigenvalue weighted by molar-refractivity contribution is 6.30. The maximum Gasteiger partial charge on any atom is 0.228 e. The van der Waals surface area contributed by atoms with Gasteiger partial charge in [0.15, 0.2) is 0 Å². The fraction of sp³-hybridized carbons (Fsp3) is 0.471. The van der Waals surface area contributed by atoms with Crippen LogP contribution in [0.25, 0.3) is 11.4 Å². The molecule has 3 N–H and O–H groups in total. The van der Waals surface area contributed by atoms with E-state index in [4.69, 9.17) is 21.9 Å². The van der Waals surface area contributed by atoms with Gasteiger partial charge < -0.3 is 15.6 Å². The number of halogens is 2.